The van der Waals surface area contributed by atoms with E-state index < -0.39 is 11.1 Å². The van der Waals surface area contributed by atoms with Crippen molar-refractivity contribution in [2.45, 2.75) is 5.75 Å². The van der Waals surface area contributed by atoms with E-state index >= 15 is 0 Å². The summed E-state index contributed by atoms with van der Waals surface area (Å²) in [4.78, 5) is 0. The molecule has 0 bridgehead atoms. The van der Waals surface area contributed by atoms with Crippen molar-refractivity contribution in [1.29, 1.82) is 0 Å². The molecular formula is C12H7MnO7S-. The zero-order chi connectivity index (χ0) is 17.4. The second-order valence-corrected chi connectivity index (χ2v) is 2.83. The summed E-state index contributed by atoms with van der Waals surface area (Å²) in [5, 5.41) is 0. The van der Waals surface area contributed by atoms with Crippen molar-refractivity contribution in [1.82, 2.24) is 0 Å². The Labute approximate surface area is 135 Å². The third-order valence-electron chi connectivity index (χ3n) is 1.13. The molecule has 1 aromatic carbocycles. The van der Waals surface area contributed by atoms with Gasteiger partial charge in [-0.15, -0.1) is 0 Å². The molecule has 0 spiro atoms. The van der Waals surface area contributed by atoms with Gasteiger partial charge in [0.25, 0.3) is 0 Å². The summed E-state index contributed by atoms with van der Waals surface area (Å²) in [6.45, 7) is 22.5. The van der Waals surface area contributed by atoms with Gasteiger partial charge in [-0.1, -0.05) is 41.4 Å². The van der Waals surface area contributed by atoms with Gasteiger partial charge >= 0.3 is 56.5 Å². The topological polar surface area (TPSA) is 140 Å². The molecule has 0 fully saturated rings. The molecule has 1 unspecified atom stereocenters. The Bertz CT molecular complexity index is 374. The molecule has 0 saturated heterocycles. The Morgan fingerprint density at radius 3 is 1.33 bits per heavy atom. The number of hydrogen-bond donors (Lipinski definition) is 0. The third-order valence-corrected chi connectivity index (χ3v) is 1.70. The summed E-state index contributed by atoms with van der Waals surface area (Å²) in [7, 11) is 0. The van der Waals surface area contributed by atoms with E-state index in [0.29, 0.717) is 0 Å². The van der Waals surface area contributed by atoms with Gasteiger partial charge in [0.1, 0.15) is 0 Å². The van der Waals surface area contributed by atoms with Crippen LogP contribution in [-0.4, -0.2) is 8.76 Å². The molecule has 0 aliphatic rings. The molecular weight excluding hydrogens is 343 g/mol. The standard InChI is InChI=1S/C7H8O2S.5CO.Mn/c8-10(9)6-7-4-2-1-3-5-7;5*1-2;/h1-5H,6H2,(H,8,9);;;;;;/p-1. The first-order chi connectivity index (χ1) is 9.79. The molecule has 111 valence electrons. The van der Waals surface area contributed by atoms with Crippen molar-refractivity contribution >= 4 is 11.1 Å². The van der Waals surface area contributed by atoms with Crippen LogP contribution in [0.1, 0.15) is 5.56 Å². The molecule has 0 aromatic heterocycles. The predicted molar refractivity (Wildman–Crippen MR) is 58.7 cm³/mol. The van der Waals surface area contributed by atoms with Gasteiger partial charge in [-0.3, -0.25) is 4.21 Å². The molecule has 1 radical (unpaired) electrons. The van der Waals surface area contributed by atoms with Gasteiger partial charge in [-0.2, -0.15) is 0 Å². The molecule has 0 saturated carbocycles. The van der Waals surface area contributed by atoms with Crippen molar-refractivity contribution in [3.63, 3.8) is 0 Å². The van der Waals surface area contributed by atoms with Crippen LogP contribution in [0.2, 0.25) is 0 Å². The molecule has 0 N–H and O–H groups in total. The Morgan fingerprint density at radius 1 is 0.810 bits per heavy atom. The maximum Gasteiger partial charge on any atom is 0 e. The van der Waals surface area contributed by atoms with Crippen LogP contribution in [0.5, 0.6) is 0 Å². The summed E-state index contributed by atoms with van der Waals surface area (Å²) in [6, 6.07) is 9.08. The molecule has 0 aliphatic heterocycles. The molecule has 0 heterocycles. The fraction of sp³-hybridized carbons (Fsp3) is 0.0833. The monoisotopic (exact) mass is 350 g/mol. The second kappa shape index (κ2) is 51.3. The van der Waals surface area contributed by atoms with E-state index in [-0.39, 0.29) is 22.8 Å². The van der Waals surface area contributed by atoms with Gasteiger partial charge < -0.3 is 4.55 Å². The maximum atomic E-state index is 10.2. The van der Waals surface area contributed by atoms with Gasteiger partial charge in [0.2, 0.25) is 0 Å². The quantitative estimate of drug-likeness (QED) is 0.338. The van der Waals surface area contributed by atoms with Crippen LogP contribution in [0.4, 0.5) is 0 Å². The zero-order valence-electron chi connectivity index (χ0n) is 10.2. The average Bonchev–Trinajstić information content (AvgIpc) is 2.57. The van der Waals surface area contributed by atoms with Crippen molar-refractivity contribution in [3.8, 4) is 0 Å². The first-order valence-corrected chi connectivity index (χ1v) is 5.15. The minimum absolute atomic E-state index is 0. The van der Waals surface area contributed by atoms with E-state index in [0.717, 1.165) is 5.56 Å². The molecule has 0 amide bonds. The zero-order valence-corrected chi connectivity index (χ0v) is 12.2. The predicted octanol–water partition coefficient (Wildman–Crippen LogP) is 0.876. The van der Waals surface area contributed by atoms with Crippen LogP contribution in [-0.2, 0) is 57.2 Å². The summed E-state index contributed by atoms with van der Waals surface area (Å²) >= 11 is -1.97. The van der Waals surface area contributed by atoms with E-state index in [1.807, 2.05) is 18.2 Å². The van der Waals surface area contributed by atoms with Gasteiger partial charge in [0.15, 0.2) is 0 Å². The first-order valence-electron chi connectivity index (χ1n) is 3.91. The molecule has 1 aromatic rings. The van der Waals surface area contributed by atoms with Crippen molar-refractivity contribution in [2.24, 2.45) is 0 Å². The fourth-order valence-corrected chi connectivity index (χ4v) is 1.17. The Balaban J connectivity index is -0.0000000440. The van der Waals surface area contributed by atoms with E-state index in [4.69, 9.17) is 23.3 Å². The fourth-order valence-electron chi connectivity index (χ4n) is 0.710. The van der Waals surface area contributed by atoms with Crippen molar-refractivity contribution in [2.75, 3.05) is 0 Å². The smallest absolute Gasteiger partial charge is 0 e. The second-order valence-electron chi connectivity index (χ2n) is 1.93. The van der Waals surface area contributed by atoms with Crippen LogP contribution in [0.3, 0.4) is 0 Å². The Morgan fingerprint density at radius 2 is 1.10 bits per heavy atom. The SMILES string of the molecule is O=S([O-])Cc1ccccc1.[C-]#[O+].[C-]#[O+].[C-]#[O+].[C-]#[O+].[C-]#[O+].[Mn]. The molecule has 7 nitrogen and oxygen atoms in total. The summed E-state index contributed by atoms with van der Waals surface area (Å²) in [6.07, 6.45) is 0. The van der Waals surface area contributed by atoms with E-state index in [2.05, 4.69) is 33.3 Å². The average molecular weight is 350 g/mol. The molecule has 9 heteroatoms. The largest absolute Gasteiger partial charge is 0 e. The van der Waals surface area contributed by atoms with Crippen LogP contribution < -0.4 is 0 Å². The van der Waals surface area contributed by atoms with Crippen LogP contribution in [0.15, 0.2) is 30.3 Å². The molecule has 0 aliphatic carbocycles. The number of hydrogen-bond acceptors (Lipinski definition) is 2. The van der Waals surface area contributed by atoms with E-state index in [1.165, 1.54) is 0 Å². The Kier molecular flexibility index (Phi) is 89.6. The van der Waals surface area contributed by atoms with Gasteiger partial charge in [-0.25, -0.2) is 0 Å². The summed E-state index contributed by atoms with van der Waals surface area (Å²) in [5.41, 5.74) is 0.829. The maximum absolute atomic E-state index is 10.2. The van der Waals surface area contributed by atoms with Crippen molar-refractivity contribution < 1.29 is 49.1 Å². The van der Waals surface area contributed by atoms with Gasteiger partial charge in [0.05, 0.1) is 0 Å². The normalized spacial score (nSPS) is 6.62. The summed E-state index contributed by atoms with van der Waals surface area (Å²) in [5.74, 6) is 0.112. The van der Waals surface area contributed by atoms with Crippen LogP contribution >= 0.6 is 0 Å². The van der Waals surface area contributed by atoms with Crippen molar-refractivity contribution in [3.05, 3.63) is 69.1 Å². The minimum Gasteiger partial charge on any atom is 0 e. The minimum atomic E-state index is -1.97. The number of rotatable bonds is 2. The molecule has 21 heavy (non-hydrogen) atoms. The van der Waals surface area contributed by atoms with Gasteiger partial charge in [0, 0.05) is 22.8 Å². The van der Waals surface area contributed by atoms with Gasteiger partial charge in [-0.05, 0) is 5.56 Å². The van der Waals surface area contributed by atoms with Crippen LogP contribution in [0.25, 0.3) is 0 Å². The van der Waals surface area contributed by atoms with E-state index in [1.54, 1.807) is 12.1 Å². The van der Waals surface area contributed by atoms with E-state index in [9.17, 15) is 8.76 Å². The Hall–Kier alpha value is -1.45. The van der Waals surface area contributed by atoms with Crippen LogP contribution in [0, 0.1) is 33.3 Å². The molecule has 1 atom stereocenters. The summed E-state index contributed by atoms with van der Waals surface area (Å²) < 4.78 is 57.8. The molecule has 1 rings (SSSR count). The number of benzene rings is 1. The third kappa shape index (κ3) is 45.6. The first kappa shape index (κ1) is 36.6.